The van der Waals surface area contributed by atoms with Gasteiger partial charge in [-0.15, -0.1) is 0 Å². The van der Waals surface area contributed by atoms with Crippen molar-refractivity contribution in [2.45, 2.75) is 81.7 Å². The van der Waals surface area contributed by atoms with Crippen molar-refractivity contribution < 1.29 is 17.6 Å². The molecule has 1 aromatic carbocycles. The van der Waals surface area contributed by atoms with E-state index in [1.54, 1.807) is 27.9 Å². The summed E-state index contributed by atoms with van der Waals surface area (Å²) in [5, 5.41) is 4.31. The number of aryl methyl sites for hydroxylation is 1. The highest BCUT2D eigenvalue weighted by Gasteiger charge is 2.44. The first kappa shape index (κ1) is 28.5. The van der Waals surface area contributed by atoms with E-state index in [1.165, 1.54) is 6.07 Å². The number of aromatic nitrogens is 2. The number of nitrogens with zero attached hydrogens (tertiary/aromatic N) is 5. The third kappa shape index (κ3) is 5.48. The standard InChI is InChI=1S/C28H38N6O4SSi/c1-27(2,3)40(6,7)38-14-8-9-21-17-29-26-33(19-20-16-30-32(5)18-20)25(35)23-15-22(10-11-24(23)34(21)26)39(36,37)31-28(4)12-13-28/h10-11,15-16,18,21,31H,12-14,17,19H2,1-7H3. The molecule has 0 bridgehead atoms. The number of hydrogen-bond donors (Lipinski definition) is 1. The molecule has 2 aromatic rings. The Balaban J connectivity index is 1.47. The molecule has 0 saturated heterocycles. The average Bonchev–Trinajstić information content (AvgIpc) is 3.22. The molecular weight excluding hydrogens is 544 g/mol. The van der Waals surface area contributed by atoms with Crippen LogP contribution in [0.1, 0.15) is 56.5 Å². The summed E-state index contributed by atoms with van der Waals surface area (Å²) in [6, 6.07) is 4.41. The van der Waals surface area contributed by atoms with E-state index in [0.717, 1.165) is 18.4 Å². The molecule has 1 atom stereocenters. The zero-order valence-electron chi connectivity index (χ0n) is 24.3. The highest BCUT2D eigenvalue weighted by atomic mass is 32.2. The molecule has 1 fully saturated rings. The number of carbonyl (C=O) groups is 1. The van der Waals surface area contributed by atoms with Gasteiger partial charge in [-0.25, -0.2) is 18.1 Å². The van der Waals surface area contributed by atoms with Gasteiger partial charge in [0.1, 0.15) is 6.04 Å². The first-order valence-corrected chi connectivity index (χ1v) is 17.9. The van der Waals surface area contributed by atoms with E-state index in [2.05, 4.69) is 55.5 Å². The van der Waals surface area contributed by atoms with E-state index in [1.807, 2.05) is 25.1 Å². The van der Waals surface area contributed by atoms with Gasteiger partial charge in [-0.2, -0.15) is 5.10 Å². The fourth-order valence-corrected chi connectivity index (χ4v) is 6.87. The predicted molar refractivity (Wildman–Crippen MR) is 157 cm³/mol. The average molecular weight is 583 g/mol. The molecule has 10 nitrogen and oxygen atoms in total. The molecule has 3 aliphatic rings. The lowest BCUT2D eigenvalue weighted by Crippen LogP contribution is -2.52. The Morgan fingerprint density at radius 1 is 1.25 bits per heavy atom. The van der Waals surface area contributed by atoms with Crippen LogP contribution >= 0.6 is 0 Å². The van der Waals surface area contributed by atoms with E-state index in [4.69, 9.17) is 9.42 Å². The fourth-order valence-electron chi connectivity index (χ4n) is 4.51. The quantitative estimate of drug-likeness (QED) is 0.396. The fraction of sp³-hybridized carbons (Fsp3) is 0.536. The molecule has 0 spiro atoms. The second-order valence-corrected chi connectivity index (χ2v) is 19.1. The SMILES string of the molecule is Cn1cc(CN2C(=O)c3cc(S(=O)(=O)NC4(C)CC4)ccc3N3C2=NCC3C#CCO[Si](C)(C)C(C)(C)C)cn1. The minimum atomic E-state index is -3.79. The van der Waals surface area contributed by atoms with Crippen LogP contribution in [0.5, 0.6) is 0 Å². The predicted octanol–water partition coefficient (Wildman–Crippen LogP) is 3.48. The normalized spacial score (nSPS) is 20.0. The van der Waals surface area contributed by atoms with Crippen molar-refractivity contribution in [2.75, 3.05) is 18.1 Å². The number of aliphatic imine (C=N–C) groups is 1. The molecule has 214 valence electrons. The maximum atomic E-state index is 13.8. The van der Waals surface area contributed by atoms with Gasteiger partial charge in [-0.1, -0.05) is 32.6 Å². The van der Waals surface area contributed by atoms with Gasteiger partial charge in [0.25, 0.3) is 5.91 Å². The van der Waals surface area contributed by atoms with Crippen molar-refractivity contribution in [1.29, 1.82) is 0 Å². The number of anilines is 1. The Hall–Kier alpha value is -2.98. The summed E-state index contributed by atoms with van der Waals surface area (Å²) in [5.74, 6) is 6.70. The molecular formula is C28H38N6O4SSi. The Kier molecular flexibility index (Phi) is 7.02. The van der Waals surface area contributed by atoms with Crippen molar-refractivity contribution in [3.63, 3.8) is 0 Å². The maximum absolute atomic E-state index is 13.8. The molecule has 1 aromatic heterocycles. The van der Waals surface area contributed by atoms with Gasteiger partial charge >= 0.3 is 0 Å². The molecule has 0 radical (unpaired) electrons. The van der Waals surface area contributed by atoms with Gasteiger partial charge in [0.05, 0.1) is 42.0 Å². The molecule has 1 unspecified atom stereocenters. The first-order valence-electron chi connectivity index (χ1n) is 13.5. The zero-order valence-corrected chi connectivity index (χ0v) is 26.1. The Bertz CT molecular complexity index is 1540. The van der Waals surface area contributed by atoms with Gasteiger partial charge in [0, 0.05) is 24.3 Å². The van der Waals surface area contributed by atoms with E-state index in [-0.39, 0.29) is 28.4 Å². The van der Waals surface area contributed by atoms with Crippen LogP contribution in [-0.2, 0) is 28.0 Å². The van der Waals surface area contributed by atoms with Crippen molar-refractivity contribution in [3.05, 3.63) is 41.7 Å². The van der Waals surface area contributed by atoms with Gasteiger partial charge in [-0.3, -0.25) is 19.3 Å². The third-order valence-corrected chi connectivity index (χ3v) is 14.4. The molecule has 40 heavy (non-hydrogen) atoms. The first-order chi connectivity index (χ1) is 18.6. The van der Waals surface area contributed by atoms with Crippen molar-refractivity contribution in [3.8, 4) is 11.8 Å². The lowest BCUT2D eigenvalue weighted by molar-refractivity contribution is 0.0833. The Morgan fingerprint density at radius 2 is 1.98 bits per heavy atom. The molecule has 1 aliphatic carbocycles. The second kappa shape index (κ2) is 9.83. The van der Waals surface area contributed by atoms with Crippen LogP contribution in [0, 0.1) is 11.8 Å². The Morgan fingerprint density at radius 3 is 2.60 bits per heavy atom. The summed E-state index contributed by atoms with van der Waals surface area (Å²) in [5.41, 5.74) is 1.32. The highest BCUT2D eigenvalue weighted by molar-refractivity contribution is 7.89. The smallest absolute Gasteiger partial charge is 0.263 e. The monoisotopic (exact) mass is 582 g/mol. The van der Waals surface area contributed by atoms with E-state index in [0.29, 0.717) is 30.4 Å². The van der Waals surface area contributed by atoms with Gasteiger partial charge in [-0.05, 0) is 56.1 Å². The molecule has 12 heteroatoms. The molecule has 5 rings (SSSR count). The minimum absolute atomic E-state index is 0.0686. The number of sulfonamides is 1. The molecule has 1 amide bonds. The van der Waals surface area contributed by atoms with E-state index >= 15 is 0 Å². The summed E-state index contributed by atoms with van der Waals surface area (Å²) in [6.07, 6.45) is 5.14. The van der Waals surface area contributed by atoms with Gasteiger partial charge < -0.3 is 4.43 Å². The van der Waals surface area contributed by atoms with Crippen molar-refractivity contribution >= 4 is 35.9 Å². The van der Waals surface area contributed by atoms with Crippen molar-refractivity contribution in [2.24, 2.45) is 12.0 Å². The van der Waals surface area contributed by atoms with Crippen LogP contribution in [0.15, 0.2) is 40.5 Å². The van der Waals surface area contributed by atoms with Crippen LogP contribution in [-0.4, -0.2) is 68.0 Å². The van der Waals surface area contributed by atoms with Crippen LogP contribution in [0.3, 0.4) is 0 Å². The summed E-state index contributed by atoms with van der Waals surface area (Å²) < 4.78 is 37.0. The summed E-state index contributed by atoms with van der Waals surface area (Å²) in [6.45, 7) is 13.8. The number of fused-ring (bicyclic) bond motifs is 3. The number of carbonyl (C=O) groups excluding carboxylic acids is 1. The lowest BCUT2D eigenvalue weighted by Gasteiger charge is -2.37. The van der Waals surface area contributed by atoms with Gasteiger partial charge in [0.2, 0.25) is 16.0 Å². The largest absolute Gasteiger partial charge is 0.406 e. The number of hydrogen-bond acceptors (Lipinski definition) is 7. The zero-order chi connectivity index (χ0) is 29.1. The number of rotatable bonds is 7. The van der Waals surface area contributed by atoms with Crippen LogP contribution in [0.2, 0.25) is 18.1 Å². The number of nitrogens with one attached hydrogen (secondary N) is 1. The Labute approximate surface area is 238 Å². The number of amides is 1. The second-order valence-electron chi connectivity index (χ2n) is 12.7. The van der Waals surface area contributed by atoms with E-state index in [9.17, 15) is 13.2 Å². The topological polar surface area (TPSA) is 109 Å². The summed E-state index contributed by atoms with van der Waals surface area (Å²) in [4.78, 5) is 22.2. The molecule has 2 aliphatic heterocycles. The number of guanidine groups is 1. The summed E-state index contributed by atoms with van der Waals surface area (Å²) in [7, 11) is -3.91. The van der Waals surface area contributed by atoms with Crippen molar-refractivity contribution in [1.82, 2.24) is 19.4 Å². The molecule has 1 saturated carbocycles. The third-order valence-electron chi connectivity index (χ3n) is 8.25. The highest BCUT2D eigenvalue weighted by Crippen LogP contribution is 2.39. The van der Waals surface area contributed by atoms with Gasteiger partial charge in [0.15, 0.2) is 8.32 Å². The van der Waals surface area contributed by atoms with Crippen LogP contribution in [0.4, 0.5) is 5.69 Å². The summed E-state index contributed by atoms with van der Waals surface area (Å²) >= 11 is 0. The van der Waals surface area contributed by atoms with E-state index < -0.39 is 23.9 Å². The lowest BCUT2D eigenvalue weighted by atomic mass is 10.1. The van der Waals surface area contributed by atoms with Crippen LogP contribution in [0.25, 0.3) is 0 Å². The molecule has 1 N–H and O–H groups in total. The maximum Gasteiger partial charge on any atom is 0.263 e. The van der Waals surface area contributed by atoms with Crippen LogP contribution < -0.4 is 9.62 Å². The minimum Gasteiger partial charge on any atom is -0.406 e. The molecule has 3 heterocycles. The number of benzene rings is 1.